The van der Waals surface area contributed by atoms with Gasteiger partial charge in [-0.3, -0.25) is 4.31 Å². The topological polar surface area (TPSA) is 71.8 Å². The van der Waals surface area contributed by atoms with Crippen LogP contribution in [-0.2, 0) is 0 Å². The lowest BCUT2D eigenvalue weighted by molar-refractivity contribution is 0.343. The van der Waals surface area contributed by atoms with Crippen LogP contribution < -0.4 is 4.90 Å². The first kappa shape index (κ1) is 20.9. The molecule has 4 rings (SSSR count). The summed E-state index contributed by atoms with van der Waals surface area (Å²) in [5.41, 5.74) is 0.932. The Balaban J connectivity index is 0.000000706. The molecular formula is C21H32N6S. The minimum absolute atomic E-state index is 0.598. The van der Waals surface area contributed by atoms with Crippen LogP contribution >= 0.6 is 11.9 Å². The predicted octanol–water partition coefficient (Wildman–Crippen LogP) is 4.47. The first-order valence-electron chi connectivity index (χ1n) is 10.3. The largest absolute Gasteiger partial charge is 0.356 e. The molecule has 0 aromatic carbocycles. The molecule has 1 aliphatic heterocycles. The zero-order chi connectivity index (χ0) is 19.9. The molecule has 7 heteroatoms. The first-order valence-corrected chi connectivity index (χ1v) is 11.3. The van der Waals surface area contributed by atoms with E-state index in [9.17, 15) is 0 Å². The summed E-state index contributed by atoms with van der Waals surface area (Å²) in [6, 6.07) is 4.43. The summed E-state index contributed by atoms with van der Waals surface area (Å²) < 4.78 is 2.59. The zero-order valence-electron chi connectivity index (χ0n) is 17.3. The highest BCUT2D eigenvalue weighted by Gasteiger charge is 2.27. The van der Waals surface area contributed by atoms with E-state index in [2.05, 4.69) is 56.1 Å². The second-order valence-corrected chi connectivity index (χ2v) is 9.13. The molecule has 0 bridgehead atoms. The highest BCUT2D eigenvalue weighted by molar-refractivity contribution is 7.97. The second kappa shape index (κ2) is 10.1. The number of anilines is 1. The second-order valence-electron chi connectivity index (χ2n) is 8.02. The van der Waals surface area contributed by atoms with Crippen molar-refractivity contribution in [2.45, 2.75) is 52.0 Å². The average Bonchev–Trinajstić information content (AvgIpc) is 3.35. The Bertz CT molecular complexity index is 777. The van der Waals surface area contributed by atoms with Gasteiger partial charge in [0.15, 0.2) is 0 Å². The third-order valence-electron chi connectivity index (χ3n) is 5.91. The van der Waals surface area contributed by atoms with Crippen LogP contribution in [0.1, 0.15) is 46.0 Å². The number of rotatable bonds is 5. The lowest BCUT2D eigenvalue weighted by Crippen LogP contribution is -2.36. The molecular weight excluding hydrogens is 368 g/mol. The standard InChI is InChI=1S/C19H29N5S.C2H3N/c1-14-8-10-24(11-14)25-12-15-3-5-16(6-4-15)23(2)19-17-7-9-20-18(17)21-13-22-19;1-2-3/h7,9,13-16H,3-6,8,10-12H2,1-2H3,(H,20,21,22);1H3/t14-,15?,16?;/m0./s1. The SMILES string of the molecule is CC#N.C[C@H]1CCN(SCC2CCC(N(C)c3ncnc4[nH]ccc34)CC2)C1. The van der Waals surface area contributed by atoms with Crippen molar-refractivity contribution in [3.63, 3.8) is 0 Å². The molecule has 1 saturated carbocycles. The molecule has 152 valence electrons. The Morgan fingerprint density at radius 3 is 2.71 bits per heavy atom. The highest BCUT2D eigenvalue weighted by atomic mass is 32.2. The summed E-state index contributed by atoms with van der Waals surface area (Å²) in [6.07, 6.45) is 10.2. The van der Waals surface area contributed by atoms with Crippen LogP contribution in [0.15, 0.2) is 18.6 Å². The van der Waals surface area contributed by atoms with Crippen LogP contribution in [0, 0.1) is 23.2 Å². The Labute approximate surface area is 172 Å². The summed E-state index contributed by atoms with van der Waals surface area (Å²) in [6.45, 7) is 6.36. The molecule has 6 nitrogen and oxygen atoms in total. The molecule has 0 spiro atoms. The van der Waals surface area contributed by atoms with Crippen molar-refractivity contribution in [2.75, 3.05) is 30.8 Å². The van der Waals surface area contributed by atoms with Crippen molar-refractivity contribution in [1.29, 1.82) is 5.26 Å². The third kappa shape index (κ3) is 5.18. The molecule has 2 aromatic rings. The van der Waals surface area contributed by atoms with Gasteiger partial charge in [-0.1, -0.05) is 18.9 Å². The number of hydrogen-bond donors (Lipinski definition) is 1. The lowest BCUT2D eigenvalue weighted by atomic mass is 9.86. The van der Waals surface area contributed by atoms with Crippen LogP contribution in [0.5, 0.6) is 0 Å². The van der Waals surface area contributed by atoms with E-state index in [1.807, 2.05) is 6.20 Å². The molecule has 1 atom stereocenters. The fourth-order valence-corrected chi connectivity index (χ4v) is 5.58. The van der Waals surface area contributed by atoms with Crippen molar-refractivity contribution >= 4 is 28.8 Å². The maximum Gasteiger partial charge on any atom is 0.142 e. The van der Waals surface area contributed by atoms with Gasteiger partial charge in [-0.15, -0.1) is 0 Å². The van der Waals surface area contributed by atoms with Gasteiger partial charge in [0.25, 0.3) is 0 Å². The summed E-state index contributed by atoms with van der Waals surface area (Å²) in [4.78, 5) is 14.4. The summed E-state index contributed by atoms with van der Waals surface area (Å²) in [5, 5.41) is 8.45. The van der Waals surface area contributed by atoms with Gasteiger partial charge >= 0.3 is 0 Å². The van der Waals surface area contributed by atoms with Crippen molar-refractivity contribution in [3.8, 4) is 6.07 Å². The smallest absolute Gasteiger partial charge is 0.142 e. The average molecular weight is 401 g/mol. The van der Waals surface area contributed by atoms with Gasteiger partial charge in [-0.2, -0.15) is 5.26 Å². The number of nitriles is 1. The minimum Gasteiger partial charge on any atom is -0.356 e. The van der Waals surface area contributed by atoms with Crippen molar-refractivity contribution in [2.24, 2.45) is 11.8 Å². The van der Waals surface area contributed by atoms with E-state index in [1.165, 1.54) is 57.9 Å². The van der Waals surface area contributed by atoms with Crippen molar-refractivity contribution in [3.05, 3.63) is 18.6 Å². The quantitative estimate of drug-likeness (QED) is 0.747. The van der Waals surface area contributed by atoms with Crippen molar-refractivity contribution in [1.82, 2.24) is 19.3 Å². The van der Waals surface area contributed by atoms with Gasteiger partial charge in [0.2, 0.25) is 0 Å². The number of hydrogen-bond acceptors (Lipinski definition) is 6. The van der Waals surface area contributed by atoms with E-state index in [0.717, 1.165) is 28.7 Å². The van der Waals surface area contributed by atoms with E-state index >= 15 is 0 Å². The monoisotopic (exact) mass is 400 g/mol. The molecule has 1 saturated heterocycles. The highest BCUT2D eigenvalue weighted by Crippen LogP contribution is 2.34. The van der Waals surface area contributed by atoms with Gasteiger partial charge in [-0.05, 0) is 50.0 Å². The maximum absolute atomic E-state index is 7.32. The number of aromatic amines is 1. The van der Waals surface area contributed by atoms with E-state index in [-0.39, 0.29) is 0 Å². The zero-order valence-corrected chi connectivity index (χ0v) is 18.1. The Hall–Kier alpha value is -1.78. The normalized spacial score (nSPS) is 25.1. The number of fused-ring (bicyclic) bond motifs is 1. The summed E-state index contributed by atoms with van der Waals surface area (Å²) in [5.74, 6) is 4.13. The summed E-state index contributed by atoms with van der Waals surface area (Å²) >= 11 is 2.10. The van der Waals surface area contributed by atoms with Crippen LogP contribution in [0.25, 0.3) is 11.0 Å². The Kier molecular flexibility index (Phi) is 7.57. The number of nitrogens with zero attached hydrogens (tertiary/aromatic N) is 5. The fourth-order valence-electron chi connectivity index (χ4n) is 4.23. The van der Waals surface area contributed by atoms with Gasteiger partial charge in [0, 0.05) is 45.1 Å². The molecule has 3 heterocycles. The van der Waals surface area contributed by atoms with E-state index < -0.39 is 0 Å². The Morgan fingerprint density at radius 1 is 1.29 bits per heavy atom. The molecule has 28 heavy (non-hydrogen) atoms. The third-order valence-corrected chi connectivity index (χ3v) is 7.23. The molecule has 2 fully saturated rings. The van der Waals surface area contributed by atoms with Gasteiger partial charge in [0.1, 0.15) is 17.8 Å². The van der Waals surface area contributed by atoms with Crippen LogP contribution in [0.2, 0.25) is 0 Å². The van der Waals surface area contributed by atoms with E-state index in [4.69, 9.17) is 5.26 Å². The number of aromatic nitrogens is 3. The molecule has 1 N–H and O–H groups in total. The fraction of sp³-hybridized carbons (Fsp3) is 0.667. The molecule has 2 aromatic heterocycles. The van der Waals surface area contributed by atoms with E-state index in [0.29, 0.717) is 6.04 Å². The molecule has 2 aliphatic rings. The van der Waals surface area contributed by atoms with Gasteiger partial charge in [0.05, 0.1) is 11.5 Å². The maximum atomic E-state index is 7.32. The van der Waals surface area contributed by atoms with Crippen molar-refractivity contribution < 1.29 is 0 Å². The minimum atomic E-state index is 0.598. The predicted molar refractivity (Wildman–Crippen MR) is 117 cm³/mol. The van der Waals surface area contributed by atoms with Crippen LogP contribution in [0.3, 0.4) is 0 Å². The van der Waals surface area contributed by atoms with Crippen LogP contribution in [-0.4, -0.2) is 51.2 Å². The molecule has 0 unspecified atom stereocenters. The molecule has 1 aliphatic carbocycles. The number of H-pyrrole nitrogens is 1. The van der Waals surface area contributed by atoms with Gasteiger partial charge < -0.3 is 9.88 Å². The van der Waals surface area contributed by atoms with Gasteiger partial charge in [-0.25, -0.2) is 9.97 Å². The number of nitrogens with one attached hydrogen (secondary N) is 1. The summed E-state index contributed by atoms with van der Waals surface area (Å²) in [7, 11) is 2.19. The first-order chi connectivity index (χ1) is 13.6. The molecule has 0 amide bonds. The lowest BCUT2D eigenvalue weighted by Gasteiger charge is -2.35. The van der Waals surface area contributed by atoms with Crippen LogP contribution in [0.4, 0.5) is 5.82 Å². The van der Waals surface area contributed by atoms with E-state index in [1.54, 1.807) is 12.4 Å². The Morgan fingerprint density at radius 2 is 2.04 bits per heavy atom. The molecule has 0 radical (unpaired) electrons.